The number of aryl methyl sites for hydroxylation is 2. The van der Waals surface area contributed by atoms with Crippen molar-refractivity contribution in [1.29, 1.82) is 0 Å². The molecule has 1 fully saturated rings. The van der Waals surface area contributed by atoms with Crippen molar-refractivity contribution in [3.8, 4) is 0 Å². The van der Waals surface area contributed by atoms with Gasteiger partial charge in [-0.2, -0.15) is 0 Å². The van der Waals surface area contributed by atoms with Crippen molar-refractivity contribution in [2.75, 3.05) is 0 Å². The second-order valence-electron chi connectivity index (χ2n) is 5.25. The smallest absolute Gasteiger partial charge is 0.295 e. The number of aromatic nitrogens is 2. The van der Waals surface area contributed by atoms with Crippen LogP contribution in [0.4, 0.5) is 5.69 Å². The maximum absolute atomic E-state index is 12.8. The van der Waals surface area contributed by atoms with Crippen LogP contribution in [0.5, 0.6) is 0 Å². The molecule has 1 aliphatic rings. The lowest BCUT2D eigenvalue weighted by Gasteiger charge is -2.23. The van der Waals surface area contributed by atoms with E-state index in [0.717, 1.165) is 15.9 Å². The maximum atomic E-state index is 12.8. The quantitative estimate of drug-likeness (QED) is 0.495. The van der Waals surface area contributed by atoms with Crippen LogP contribution in [0.15, 0.2) is 4.79 Å². The number of carbonyl (C=O) groups excluding carboxylic acids is 2. The first kappa shape index (κ1) is 15.3. The van der Waals surface area contributed by atoms with E-state index >= 15 is 0 Å². The largest absolute Gasteiger partial charge is 0.297 e. The predicted molar refractivity (Wildman–Crippen MR) is 81.4 cm³/mol. The molecule has 2 amide bonds. The second-order valence-corrected chi connectivity index (χ2v) is 6.45. The molecule has 0 aliphatic carbocycles. The molecular formula is C13H12N4O5S. The summed E-state index contributed by atoms with van der Waals surface area (Å²) in [6, 6.07) is -0.892. The zero-order valence-corrected chi connectivity index (χ0v) is 13.1. The molecule has 1 N–H and O–H groups in total. The SMILES string of the molecule is Cc1sc2nc(C)n(C3CCC(=O)NC3=O)c(=O)c2c1[N+](=O)[O-]. The average molecular weight is 336 g/mol. The normalized spacial score (nSPS) is 18.3. The third kappa shape index (κ3) is 2.31. The monoisotopic (exact) mass is 336 g/mol. The summed E-state index contributed by atoms with van der Waals surface area (Å²) < 4.78 is 1.14. The standard InChI is InChI=1S/C13H12N4O5S/c1-5-10(17(21)22)9-12(23-5)14-6(2)16(13(9)20)7-3-4-8(18)15-11(7)19/h7H,3-4H2,1-2H3,(H,15,18,19). The van der Waals surface area contributed by atoms with Gasteiger partial charge >= 0.3 is 0 Å². The summed E-state index contributed by atoms with van der Waals surface area (Å²) in [5.74, 6) is -0.710. The van der Waals surface area contributed by atoms with Gasteiger partial charge in [0.2, 0.25) is 11.8 Å². The summed E-state index contributed by atoms with van der Waals surface area (Å²) in [5, 5.41) is 13.3. The van der Waals surface area contributed by atoms with Gasteiger partial charge in [0.25, 0.3) is 11.2 Å². The summed E-state index contributed by atoms with van der Waals surface area (Å²) in [4.78, 5) is 51.6. The molecule has 2 aromatic rings. The minimum Gasteiger partial charge on any atom is -0.295 e. The Morgan fingerprint density at radius 1 is 1.35 bits per heavy atom. The average Bonchev–Trinajstić information content (AvgIpc) is 2.77. The Kier molecular flexibility index (Phi) is 3.48. The molecular weight excluding hydrogens is 324 g/mol. The lowest BCUT2D eigenvalue weighted by molar-refractivity contribution is -0.383. The van der Waals surface area contributed by atoms with Gasteiger partial charge in [-0.05, 0) is 20.3 Å². The molecule has 1 atom stereocenters. The van der Waals surface area contributed by atoms with E-state index in [9.17, 15) is 24.5 Å². The molecule has 3 rings (SSSR count). The molecule has 9 nitrogen and oxygen atoms in total. The van der Waals surface area contributed by atoms with E-state index in [0.29, 0.717) is 4.88 Å². The van der Waals surface area contributed by atoms with Crippen LogP contribution in [0.2, 0.25) is 0 Å². The summed E-state index contributed by atoms with van der Waals surface area (Å²) in [6.07, 6.45) is 0.264. The number of hydrogen-bond acceptors (Lipinski definition) is 7. The number of nitrogens with one attached hydrogen (secondary N) is 1. The lowest BCUT2D eigenvalue weighted by atomic mass is 10.1. The Balaban J connectivity index is 2.28. The van der Waals surface area contributed by atoms with Crippen LogP contribution >= 0.6 is 11.3 Å². The van der Waals surface area contributed by atoms with Crippen molar-refractivity contribution in [2.45, 2.75) is 32.7 Å². The predicted octanol–water partition coefficient (Wildman–Crippen LogP) is 0.961. The van der Waals surface area contributed by atoms with Gasteiger partial charge in [-0.25, -0.2) is 4.98 Å². The first-order valence-electron chi connectivity index (χ1n) is 6.81. The summed E-state index contributed by atoms with van der Waals surface area (Å²) >= 11 is 1.07. The molecule has 2 aromatic heterocycles. The summed E-state index contributed by atoms with van der Waals surface area (Å²) in [6.45, 7) is 3.11. The van der Waals surface area contributed by atoms with Crippen LogP contribution in [0.1, 0.15) is 29.6 Å². The van der Waals surface area contributed by atoms with Crippen LogP contribution in [-0.4, -0.2) is 26.3 Å². The molecule has 0 bridgehead atoms. The van der Waals surface area contributed by atoms with Gasteiger partial charge in [0.05, 0.1) is 9.80 Å². The first-order valence-corrected chi connectivity index (χ1v) is 7.63. The number of piperidine rings is 1. The Labute approximate surface area is 133 Å². The van der Waals surface area contributed by atoms with Gasteiger partial charge < -0.3 is 0 Å². The Morgan fingerprint density at radius 3 is 2.65 bits per heavy atom. The first-order chi connectivity index (χ1) is 10.8. The fraction of sp³-hybridized carbons (Fsp3) is 0.385. The van der Waals surface area contributed by atoms with Gasteiger partial charge in [-0.15, -0.1) is 11.3 Å². The minimum absolute atomic E-state index is 0.0900. The van der Waals surface area contributed by atoms with E-state index < -0.39 is 28.3 Å². The zero-order chi connectivity index (χ0) is 16.9. The third-order valence-electron chi connectivity index (χ3n) is 3.78. The van der Waals surface area contributed by atoms with E-state index in [1.54, 1.807) is 13.8 Å². The molecule has 1 unspecified atom stereocenters. The van der Waals surface area contributed by atoms with Crippen molar-refractivity contribution < 1.29 is 14.5 Å². The number of rotatable bonds is 2. The van der Waals surface area contributed by atoms with Crippen molar-refractivity contribution in [3.05, 3.63) is 31.2 Å². The van der Waals surface area contributed by atoms with Gasteiger partial charge in [0.15, 0.2) is 5.39 Å². The number of hydrogen-bond donors (Lipinski definition) is 1. The number of fused-ring (bicyclic) bond motifs is 1. The molecule has 0 radical (unpaired) electrons. The molecule has 3 heterocycles. The van der Waals surface area contributed by atoms with E-state index in [1.165, 1.54) is 0 Å². The van der Waals surface area contributed by atoms with Crippen LogP contribution in [0.25, 0.3) is 10.2 Å². The molecule has 23 heavy (non-hydrogen) atoms. The van der Waals surface area contributed by atoms with Crippen molar-refractivity contribution in [3.63, 3.8) is 0 Å². The van der Waals surface area contributed by atoms with Gasteiger partial charge in [-0.1, -0.05) is 0 Å². The highest BCUT2D eigenvalue weighted by Crippen LogP contribution is 2.34. The highest BCUT2D eigenvalue weighted by atomic mass is 32.1. The lowest BCUT2D eigenvalue weighted by Crippen LogP contribution is -2.45. The molecule has 0 spiro atoms. The number of imide groups is 1. The van der Waals surface area contributed by atoms with Crippen molar-refractivity contribution >= 4 is 39.1 Å². The maximum Gasteiger partial charge on any atom is 0.297 e. The third-order valence-corrected chi connectivity index (χ3v) is 4.77. The van der Waals surface area contributed by atoms with Crippen molar-refractivity contribution in [2.24, 2.45) is 0 Å². The fourth-order valence-electron chi connectivity index (χ4n) is 2.78. The number of carbonyl (C=O) groups is 2. The molecule has 1 aliphatic heterocycles. The van der Waals surface area contributed by atoms with Crippen LogP contribution < -0.4 is 10.9 Å². The second kappa shape index (κ2) is 5.23. The topological polar surface area (TPSA) is 124 Å². The van der Waals surface area contributed by atoms with Crippen LogP contribution in [0.3, 0.4) is 0 Å². The van der Waals surface area contributed by atoms with Gasteiger partial charge in [0.1, 0.15) is 16.7 Å². The van der Waals surface area contributed by atoms with E-state index in [2.05, 4.69) is 10.3 Å². The highest BCUT2D eigenvalue weighted by molar-refractivity contribution is 7.19. The number of thiophene rings is 1. The summed E-state index contributed by atoms with van der Waals surface area (Å²) in [5.41, 5.74) is -0.901. The van der Waals surface area contributed by atoms with Crippen molar-refractivity contribution in [1.82, 2.24) is 14.9 Å². The Hall–Kier alpha value is -2.62. The molecule has 0 aromatic carbocycles. The molecule has 1 saturated heterocycles. The molecule has 0 saturated carbocycles. The zero-order valence-electron chi connectivity index (χ0n) is 12.3. The van der Waals surface area contributed by atoms with Crippen LogP contribution in [0, 0.1) is 24.0 Å². The Bertz CT molecular complexity index is 929. The van der Waals surface area contributed by atoms with Crippen LogP contribution in [-0.2, 0) is 9.59 Å². The molecule has 10 heteroatoms. The van der Waals surface area contributed by atoms with E-state index in [-0.39, 0.29) is 34.6 Å². The van der Waals surface area contributed by atoms with E-state index in [4.69, 9.17) is 0 Å². The Morgan fingerprint density at radius 2 is 2.04 bits per heavy atom. The van der Waals surface area contributed by atoms with E-state index in [1.807, 2.05) is 0 Å². The molecule has 120 valence electrons. The minimum atomic E-state index is -0.892. The fourth-order valence-corrected chi connectivity index (χ4v) is 3.80. The number of nitrogens with zero attached hydrogens (tertiary/aromatic N) is 3. The summed E-state index contributed by atoms with van der Waals surface area (Å²) in [7, 11) is 0. The number of amides is 2. The number of nitro groups is 1. The van der Waals surface area contributed by atoms with Gasteiger partial charge in [0, 0.05) is 6.42 Å². The van der Waals surface area contributed by atoms with Gasteiger partial charge in [-0.3, -0.25) is 34.4 Å². The highest BCUT2D eigenvalue weighted by Gasteiger charge is 2.33.